The number of hydrogen-bond acceptors (Lipinski definition) is 2. The van der Waals surface area contributed by atoms with E-state index < -0.39 is 11.5 Å². The molecule has 0 aromatic heterocycles. The van der Waals surface area contributed by atoms with E-state index in [1.807, 2.05) is 26.0 Å². The Bertz CT molecular complexity index is 674. The molecular formula is C18H21NO2. The highest BCUT2D eigenvalue weighted by Crippen LogP contribution is 2.34. The van der Waals surface area contributed by atoms with Crippen LogP contribution in [0.3, 0.4) is 0 Å². The summed E-state index contributed by atoms with van der Waals surface area (Å²) >= 11 is 0. The molecule has 1 amide bonds. The van der Waals surface area contributed by atoms with Crippen LogP contribution in [-0.4, -0.2) is 17.2 Å². The Kier molecular flexibility index (Phi) is 3.91. The van der Waals surface area contributed by atoms with Crippen LogP contribution in [0.15, 0.2) is 12.1 Å². The first-order valence-electron chi connectivity index (χ1n) is 7.24. The van der Waals surface area contributed by atoms with Crippen LogP contribution >= 0.6 is 0 Å². The molecule has 1 atom stereocenters. The van der Waals surface area contributed by atoms with Crippen molar-refractivity contribution < 1.29 is 9.59 Å². The molecule has 1 aromatic rings. The molecule has 1 heterocycles. The van der Waals surface area contributed by atoms with Gasteiger partial charge in [0, 0.05) is 5.56 Å². The number of rotatable bonds is 2. The van der Waals surface area contributed by atoms with Gasteiger partial charge in [0.05, 0.1) is 5.54 Å². The van der Waals surface area contributed by atoms with Crippen molar-refractivity contribution in [3.63, 3.8) is 0 Å². The predicted molar refractivity (Wildman–Crippen MR) is 83.1 cm³/mol. The van der Waals surface area contributed by atoms with Crippen LogP contribution in [0, 0.1) is 18.8 Å². The zero-order valence-electron chi connectivity index (χ0n) is 13.3. The molecule has 1 N–H and O–H groups in total. The maximum Gasteiger partial charge on any atom is 0.235 e. The van der Waals surface area contributed by atoms with Gasteiger partial charge in [-0.2, -0.15) is 0 Å². The number of carbonyl (C=O) groups is 2. The van der Waals surface area contributed by atoms with E-state index in [2.05, 4.69) is 17.2 Å². The van der Waals surface area contributed by atoms with Gasteiger partial charge in [-0.3, -0.25) is 9.59 Å². The van der Waals surface area contributed by atoms with Crippen molar-refractivity contribution in [2.45, 2.75) is 52.5 Å². The molecule has 1 aliphatic rings. The number of nitrogens with one attached hydrogen (secondary N) is 1. The second kappa shape index (κ2) is 5.37. The molecule has 2 rings (SSSR count). The van der Waals surface area contributed by atoms with E-state index in [9.17, 15) is 9.59 Å². The third-order valence-corrected chi connectivity index (χ3v) is 3.99. The lowest BCUT2D eigenvalue weighted by Crippen LogP contribution is -2.39. The van der Waals surface area contributed by atoms with Crippen LogP contribution in [0.25, 0.3) is 0 Å². The van der Waals surface area contributed by atoms with Crippen molar-refractivity contribution in [1.82, 2.24) is 5.32 Å². The minimum atomic E-state index is -0.791. The van der Waals surface area contributed by atoms with E-state index in [4.69, 9.17) is 0 Å². The number of carbonyl (C=O) groups excluding carboxylic acids is 2. The lowest BCUT2D eigenvalue weighted by Gasteiger charge is -2.18. The first kappa shape index (κ1) is 15.3. The van der Waals surface area contributed by atoms with E-state index >= 15 is 0 Å². The van der Waals surface area contributed by atoms with Crippen molar-refractivity contribution in [3.8, 4) is 11.8 Å². The number of amides is 1. The second-order valence-corrected chi connectivity index (χ2v) is 6.01. The number of hydrogen-bond donors (Lipinski definition) is 1. The molecule has 0 radical (unpaired) electrons. The quantitative estimate of drug-likeness (QED) is 0.669. The Balaban J connectivity index is 2.61. The molecule has 1 unspecified atom stereocenters. The normalized spacial score (nSPS) is 20.0. The van der Waals surface area contributed by atoms with Gasteiger partial charge in [-0.05, 0) is 62.9 Å². The lowest BCUT2D eigenvalue weighted by molar-refractivity contribution is -0.125. The largest absolute Gasteiger partial charge is 0.343 e. The van der Waals surface area contributed by atoms with Gasteiger partial charge >= 0.3 is 0 Å². The molecule has 0 bridgehead atoms. The van der Waals surface area contributed by atoms with Crippen molar-refractivity contribution in [2.24, 2.45) is 0 Å². The Morgan fingerprint density at radius 1 is 1.29 bits per heavy atom. The molecule has 3 heteroatoms. The number of benzene rings is 1. The molecule has 0 aliphatic carbocycles. The van der Waals surface area contributed by atoms with E-state index in [0.717, 1.165) is 28.7 Å². The molecule has 110 valence electrons. The van der Waals surface area contributed by atoms with Crippen LogP contribution in [0.4, 0.5) is 0 Å². The van der Waals surface area contributed by atoms with Gasteiger partial charge in [0.15, 0.2) is 5.78 Å². The zero-order chi connectivity index (χ0) is 15.8. The average Bonchev–Trinajstić information content (AvgIpc) is 2.59. The van der Waals surface area contributed by atoms with E-state index in [0.29, 0.717) is 0 Å². The summed E-state index contributed by atoms with van der Waals surface area (Å²) < 4.78 is 0. The Morgan fingerprint density at radius 2 is 1.95 bits per heavy atom. The molecular weight excluding hydrogens is 262 g/mol. The standard InChI is InChI=1S/C18H21NO2/c1-6-8-12-9-11(3)14(13(7-2)10-12)15-16(20)18(4,5)19-17(15)21/h9-10,15H,7H2,1-5H3,(H,19,21). The van der Waals surface area contributed by atoms with Gasteiger partial charge in [-0.25, -0.2) is 0 Å². The van der Waals surface area contributed by atoms with Gasteiger partial charge in [0.2, 0.25) is 5.91 Å². The van der Waals surface area contributed by atoms with Crippen LogP contribution in [0.1, 0.15) is 55.9 Å². The Labute approximate surface area is 126 Å². The van der Waals surface area contributed by atoms with Gasteiger partial charge in [0.25, 0.3) is 0 Å². The van der Waals surface area contributed by atoms with Crippen molar-refractivity contribution in [3.05, 3.63) is 34.4 Å². The van der Waals surface area contributed by atoms with Gasteiger partial charge in [-0.15, -0.1) is 5.92 Å². The molecule has 1 fully saturated rings. The molecule has 0 spiro atoms. The highest BCUT2D eigenvalue weighted by atomic mass is 16.2. The highest BCUT2D eigenvalue weighted by Gasteiger charge is 2.48. The number of Topliss-reactive ketones (excluding diaryl/α,β-unsaturated/α-hetero) is 1. The Hall–Kier alpha value is -2.08. The van der Waals surface area contributed by atoms with E-state index in [1.165, 1.54) is 0 Å². The summed E-state index contributed by atoms with van der Waals surface area (Å²) in [6.45, 7) is 9.28. The molecule has 0 saturated carbocycles. The number of aryl methyl sites for hydroxylation is 2. The summed E-state index contributed by atoms with van der Waals surface area (Å²) in [5.41, 5.74) is 2.98. The maximum atomic E-state index is 12.6. The fraction of sp³-hybridized carbons (Fsp3) is 0.444. The minimum Gasteiger partial charge on any atom is -0.343 e. The van der Waals surface area contributed by atoms with Crippen LogP contribution < -0.4 is 5.32 Å². The van der Waals surface area contributed by atoms with E-state index in [-0.39, 0.29) is 11.7 Å². The predicted octanol–water partition coefficient (Wildman–Crippen LogP) is 2.49. The van der Waals surface area contributed by atoms with Gasteiger partial charge in [-0.1, -0.05) is 12.8 Å². The first-order valence-corrected chi connectivity index (χ1v) is 7.24. The van der Waals surface area contributed by atoms with Crippen molar-refractivity contribution >= 4 is 11.7 Å². The fourth-order valence-corrected chi connectivity index (χ4v) is 2.98. The van der Waals surface area contributed by atoms with Crippen molar-refractivity contribution in [2.75, 3.05) is 0 Å². The summed E-state index contributed by atoms with van der Waals surface area (Å²) in [5.74, 6) is 4.98. The molecule has 21 heavy (non-hydrogen) atoms. The van der Waals surface area contributed by atoms with Crippen LogP contribution in [0.5, 0.6) is 0 Å². The van der Waals surface area contributed by atoms with Crippen molar-refractivity contribution in [1.29, 1.82) is 0 Å². The Morgan fingerprint density at radius 3 is 2.43 bits per heavy atom. The lowest BCUT2D eigenvalue weighted by atomic mass is 9.83. The summed E-state index contributed by atoms with van der Waals surface area (Å²) in [4.78, 5) is 24.8. The highest BCUT2D eigenvalue weighted by molar-refractivity contribution is 6.17. The molecule has 1 saturated heterocycles. The SMILES string of the molecule is CC#Cc1cc(C)c(C2C(=O)NC(C)(C)C2=O)c(CC)c1. The second-order valence-electron chi connectivity index (χ2n) is 6.01. The van der Waals surface area contributed by atoms with Crippen LogP contribution in [0.2, 0.25) is 0 Å². The van der Waals surface area contributed by atoms with Gasteiger partial charge in [0.1, 0.15) is 5.92 Å². The topological polar surface area (TPSA) is 46.2 Å². The third-order valence-electron chi connectivity index (χ3n) is 3.99. The maximum absolute atomic E-state index is 12.6. The van der Waals surface area contributed by atoms with Crippen LogP contribution in [-0.2, 0) is 16.0 Å². The smallest absolute Gasteiger partial charge is 0.235 e. The monoisotopic (exact) mass is 283 g/mol. The first-order chi connectivity index (χ1) is 9.81. The molecule has 3 nitrogen and oxygen atoms in total. The summed E-state index contributed by atoms with van der Waals surface area (Å²) in [6.07, 6.45) is 0.771. The summed E-state index contributed by atoms with van der Waals surface area (Å²) in [6, 6.07) is 3.95. The number of ketones is 1. The third kappa shape index (κ3) is 2.58. The molecule has 1 aliphatic heterocycles. The summed E-state index contributed by atoms with van der Waals surface area (Å²) in [5, 5.41) is 2.79. The fourth-order valence-electron chi connectivity index (χ4n) is 2.98. The van der Waals surface area contributed by atoms with E-state index in [1.54, 1.807) is 20.8 Å². The molecule has 1 aromatic carbocycles. The minimum absolute atomic E-state index is 0.0559. The zero-order valence-corrected chi connectivity index (χ0v) is 13.3. The van der Waals surface area contributed by atoms with Gasteiger partial charge < -0.3 is 5.32 Å². The summed E-state index contributed by atoms with van der Waals surface area (Å²) in [7, 11) is 0. The average molecular weight is 283 g/mol.